The van der Waals surface area contributed by atoms with Crippen LogP contribution in [-0.4, -0.2) is 48.3 Å². The van der Waals surface area contributed by atoms with Gasteiger partial charge in [0, 0.05) is 44.7 Å². The molecule has 130 valence electrons. The van der Waals surface area contributed by atoms with E-state index in [1.54, 1.807) is 16.8 Å². The molecule has 0 N–H and O–H groups in total. The predicted octanol–water partition coefficient (Wildman–Crippen LogP) is 2.47. The highest BCUT2D eigenvalue weighted by Crippen LogP contribution is 2.46. The van der Waals surface area contributed by atoms with Crippen LogP contribution in [0.5, 0.6) is 0 Å². The minimum Gasteiger partial charge on any atom is -0.343 e. The zero-order valence-corrected chi connectivity index (χ0v) is 13.9. The Labute approximate surface area is 140 Å². The van der Waals surface area contributed by atoms with Gasteiger partial charge in [0.05, 0.1) is 5.41 Å². The zero-order valence-electron chi connectivity index (χ0n) is 13.9. The lowest BCUT2D eigenvalue weighted by atomic mass is 9.63. The van der Waals surface area contributed by atoms with Crippen molar-refractivity contribution < 1.29 is 18.4 Å². The highest BCUT2D eigenvalue weighted by Gasteiger charge is 2.48. The van der Waals surface area contributed by atoms with E-state index in [1.807, 2.05) is 0 Å². The van der Waals surface area contributed by atoms with Crippen molar-refractivity contribution in [3.8, 4) is 0 Å². The number of rotatable bonds is 5. The van der Waals surface area contributed by atoms with Crippen LogP contribution in [0.15, 0.2) is 18.2 Å². The van der Waals surface area contributed by atoms with Crippen molar-refractivity contribution in [3.05, 3.63) is 35.4 Å². The van der Waals surface area contributed by atoms with E-state index >= 15 is 0 Å². The van der Waals surface area contributed by atoms with Crippen LogP contribution in [0.2, 0.25) is 0 Å². The molecule has 2 amide bonds. The van der Waals surface area contributed by atoms with Gasteiger partial charge in [-0.15, -0.1) is 0 Å². The van der Waals surface area contributed by atoms with E-state index in [1.165, 1.54) is 12.1 Å². The predicted molar refractivity (Wildman–Crippen MR) is 85.3 cm³/mol. The van der Waals surface area contributed by atoms with E-state index in [9.17, 15) is 18.4 Å². The van der Waals surface area contributed by atoms with Gasteiger partial charge in [0.2, 0.25) is 11.8 Å². The molecule has 0 radical (unpaired) electrons. The molecule has 1 saturated heterocycles. The number of nitrogens with zero attached hydrogens (tertiary/aromatic N) is 2. The third-order valence-electron chi connectivity index (χ3n) is 5.29. The molecule has 4 nitrogen and oxygen atoms in total. The third-order valence-corrected chi connectivity index (χ3v) is 5.29. The first-order chi connectivity index (χ1) is 11.4. The summed E-state index contributed by atoms with van der Waals surface area (Å²) in [6.45, 7) is 1.66. The van der Waals surface area contributed by atoms with Crippen LogP contribution >= 0.6 is 0 Å². The summed E-state index contributed by atoms with van der Waals surface area (Å²) in [4.78, 5) is 27.9. The minimum atomic E-state index is -0.887. The Balaban J connectivity index is 1.72. The van der Waals surface area contributed by atoms with Crippen molar-refractivity contribution in [3.63, 3.8) is 0 Å². The second-order valence-electron chi connectivity index (χ2n) is 6.77. The molecule has 1 aliphatic heterocycles. The standard InChI is InChI=1S/C18H22F2N2O2/c1-21(10-11-22-9-2-4-16(22)23)17(24)18(7-3-8-18)14-6-5-13(19)12-15(14)20/h5-6,12H,2-4,7-11H2,1H3. The van der Waals surface area contributed by atoms with Crippen molar-refractivity contribution in [1.82, 2.24) is 9.80 Å². The van der Waals surface area contributed by atoms with Crippen LogP contribution < -0.4 is 0 Å². The fourth-order valence-corrected chi connectivity index (χ4v) is 3.68. The Hall–Kier alpha value is -1.98. The van der Waals surface area contributed by atoms with Gasteiger partial charge in [-0.05, 0) is 25.3 Å². The van der Waals surface area contributed by atoms with Crippen molar-refractivity contribution in [1.29, 1.82) is 0 Å². The van der Waals surface area contributed by atoms with Gasteiger partial charge in [-0.3, -0.25) is 9.59 Å². The smallest absolute Gasteiger partial charge is 0.233 e. The first-order valence-corrected chi connectivity index (χ1v) is 8.43. The van der Waals surface area contributed by atoms with Gasteiger partial charge >= 0.3 is 0 Å². The Morgan fingerprint density at radius 2 is 2.04 bits per heavy atom. The van der Waals surface area contributed by atoms with E-state index in [-0.39, 0.29) is 17.4 Å². The Morgan fingerprint density at radius 1 is 1.29 bits per heavy atom. The van der Waals surface area contributed by atoms with Gasteiger partial charge < -0.3 is 9.80 Å². The number of likely N-dealkylation sites (tertiary alicyclic amines) is 1. The zero-order chi connectivity index (χ0) is 17.3. The maximum absolute atomic E-state index is 14.2. The SMILES string of the molecule is CN(CCN1CCCC1=O)C(=O)C1(c2ccc(F)cc2F)CCC1. The van der Waals surface area contributed by atoms with Crippen LogP contribution in [0.1, 0.15) is 37.7 Å². The quantitative estimate of drug-likeness (QED) is 0.829. The van der Waals surface area contributed by atoms with E-state index < -0.39 is 17.0 Å². The lowest BCUT2D eigenvalue weighted by Gasteiger charge is -2.43. The lowest BCUT2D eigenvalue weighted by molar-refractivity contribution is -0.140. The molecule has 3 rings (SSSR count). The van der Waals surface area contributed by atoms with Crippen LogP contribution in [0.25, 0.3) is 0 Å². The Morgan fingerprint density at radius 3 is 2.58 bits per heavy atom. The molecule has 1 aliphatic carbocycles. The van der Waals surface area contributed by atoms with Crippen LogP contribution in [-0.2, 0) is 15.0 Å². The number of carbonyl (C=O) groups excluding carboxylic acids is 2. The summed E-state index contributed by atoms with van der Waals surface area (Å²) < 4.78 is 27.4. The topological polar surface area (TPSA) is 40.6 Å². The molecule has 24 heavy (non-hydrogen) atoms. The van der Waals surface area contributed by atoms with Gasteiger partial charge in [0.1, 0.15) is 11.6 Å². The van der Waals surface area contributed by atoms with Gasteiger partial charge in [0.15, 0.2) is 0 Å². The molecule has 0 aromatic heterocycles. The maximum Gasteiger partial charge on any atom is 0.233 e. The fourth-order valence-electron chi connectivity index (χ4n) is 3.68. The highest BCUT2D eigenvalue weighted by molar-refractivity contribution is 5.89. The molecule has 1 aromatic rings. The molecule has 2 aliphatic rings. The minimum absolute atomic E-state index is 0.124. The summed E-state index contributed by atoms with van der Waals surface area (Å²) in [7, 11) is 1.68. The molecule has 0 unspecified atom stereocenters. The summed E-state index contributed by atoms with van der Waals surface area (Å²) in [5, 5.41) is 0. The first-order valence-electron chi connectivity index (χ1n) is 8.43. The van der Waals surface area contributed by atoms with Gasteiger partial charge in [-0.25, -0.2) is 8.78 Å². The van der Waals surface area contributed by atoms with Crippen molar-refractivity contribution in [2.75, 3.05) is 26.7 Å². The van der Waals surface area contributed by atoms with E-state index in [0.717, 1.165) is 25.5 Å². The summed E-state index contributed by atoms with van der Waals surface area (Å²) in [5.41, 5.74) is -0.606. The van der Waals surface area contributed by atoms with Crippen LogP contribution in [0.3, 0.4) is 0 Å². The number of carbonyl (C=O) groups is 2. The molecule has 1 heterocycles. The monoisotopic (exact) mass is 336 g/mol. The Bertz CT molecular complexity index is 658. The van der Waals surface area contributed by atoms with Gasteiger partial charge in [-0.1, -0.05) is 12.5 Å². The van der Waals surface area contributed by atoms with Crippen molar-refractivity contribution >= 4 is 11.8 Å². The molecule has 1 saturated carbocycles. The van der Waals surface area contributed by atoms with E-state index in [4.69, 9.17) is 0 Å². The summed E-state index contributed by atoms with van der Waals surface area (Å²) >= 11 is 0. The number of hydrogen-bond acceptors (Lipinski definition) is 2. The largest absolute Gasteiger partial charge is 0.343 e. The highest BCUT2D eigenvalue weighted by atomic mass is 19.1. The van der Waals surface area contributed by atoms with Crippen molar-refractivity contribution in [2.24, 2.45) is 0 Å². The fraction of sp³-hybridized carbons (Fsp3) is 0.556. The molecule has 0 spiro atoms. The number of hydrogen-bond donors (Lipinski definition) is 0. The average molecular weight is 336 g/mol. The normalized spacial score (nSPS) is 19.3. The first kappa shape index (κ1) is 16.9. The van der Waals surface area contributed by atoms with Gasteiger partial charge in [0.25, 0.3) is 0 Å². The van der Waals surface area contributed by atoms with Gasteiger partial charge in [-0.2, -0.15) is 0 Å². The molecular formula is C18H22F2N2O2. The average Bonchev–Trinajstić information content (AvgIpc) is 2.91. The molecular weight excluding hydrogens is 314 g/mol. The molecule has 2 fully saturated rings. The second-order valence-corrected chi connectivity index (χ2v) is 6.77. The van der Waals surface area contributed by atoms with Crippen LogP contribution in [0, 0.1) is 11.6 Å². The third kappa shape index (κ3) is 2.89. The van der Waals surface area contributed by atoms with E-state index in [0.29, 0.717) is 32.4 Å². The Kier molecular flexibility index (Phi) is 4.56. The molecule has 0 atom stereocenters. The lowest BCUT2D eigenvalue weighted by Crippen LogP contribution is -2.51. The molecule has 1 aromatic carbocycles. The number of benzene rings is 1. The number of halogens is 2. The van der Waals surface area contributed by atoms with Crippen molar-refractivity contribution in [2.45, 2.75) is 37.5 Å². The second kappa shape index (κ2) is 6.49. The maximum atomic E-state index is 14.2. The summed E-state index contributed by atoms with van der Waals surface area (Å²) in [6, 6.07) is 3.43. The summed E-state index contributed by atoms with van der Waals surface area (Å²) in [5.74, 6) is -1.32. The molecule has 6 heteroatoms. The molecule has 0 bridgehead atoms. The summed E-state index contributed by atoms with van der Waals surface area (Å²) in [6.07, 6.45) is 3.42. The number of amides is 2. The van der Waals surface area contributed by atoms with Crippen LogP contribution in [0.4, 0.5) is 8.78 Å². The number of likely N-dealkylation sites (N-methyl/N-ethyl adjacent to an activating group) is 1. The van der Waals surface area contributed by atoms with E-state index in [2.05, 4.69) is 0 Å².